The van der Waals surface area contributed by atoms with Crippen molar-refractivity contribution in [1.82, 2.24) is 25.2 Å². The molecule has 1 aliphatic carbocycles. The van der Waals surface area contributed by atoms with Gasteiger partial charge in [-0.3, -0.25) is 4.57 Å². The van der Waals surface area contributed by atoms with Crippen molar-refractivity contribution in [2.24, 2.45) is 5.92 Å². The van der Waals surface area contributed by atoms with Crippen LogP contribution < -0.4 is 15.4 Å². The molecule has 188 valence electrons. The predicted octanol–water partition coefficient (Wildman–Crippen LogP) is 4.94. The van der Waals surface area contributed by atoms with Gasteiger partial charge >= 0.3 is 12.2 Å². The first-order valence-corrected chi connectivity index (χ1v) is 11.4. The van der Waals surface area contributed by atoms with Crippen molar-refractivity contribution in [2.75, 3.05) is 6.54 Å². The fourth-order valence-electron chi connectivity index (χ4n) is 4.50. The molecule has 5 rings (SSSR count). The number of rotatable bonds is 3. The van der Waals surface area contributed by atoms with Gasteiger partial charge in [0.25, 0.3) is 0 Å². The van der Waals surface area contributed by atoms with Gasteiger partial charge in [-0.15, -0.1) is 0 Å². The monoisotopic (exact) mass is 501 g/mol. The zero-order valence-corrected chi connectivity index (χ0v) is 19.5. The molecule has 0 radical (unpaired) electrons. The fraction of sp³-hybridized carbons (Fsp3) is 0.320. The molecule has 0 saturated heterocycles. The number of hydrogen-bond donors (Lipinski definition) is 2. The minimum absolute atomic E-state index is 0.0525. The Balaban J connectivity index is 1.44. The third kappa shape index (κ3) is 4.34. The molecule has 3 aromatic rings. The summed E-state index contributed by atoms with van der Waals surface area (Å²) in [5.74, 6) is -0.798. The number of allylic oxidation sites excluding steroid dienone is 2. The molecule has 0 spiro atoms. The summed E-state index contributed by atoms with van der Waals surface area (Å²) in [4.78, 5) is 21.5. The second-order valence-corrected chi connectivity index (χ2v) is 8.88. The maximum Gasteiger partial charge on any atom is 0.416 e. The van der Waals surface area contributed by atoms with Crippen LogP contribution in [0, 0.1) is 18.7 Å². The van der Waals surface area contributed by atoms with Crippen molar-refractivity contribution in [3.63, 3.8) is 0 Å². The van der Waals surface area contributed by atoms with Crippen LogP contribution in [0.15, 0.2) is 48.3 Å². The van der Waals surface area contributed by atoms with Gasteiger partial charge in [0.1, 0.15) is 6.33 Å². The van der Waals surface area contributed by atoms with E-state index in [0.29, 0.717) is 18.7 Å². The number of alkyl halides is 3. The minimum atomic E-state index is -4.52. The molecule has 1 aromatic carbocycles. The molecular formula is C25H23F4N5O2. The van der Waals surface area contributed by atoms with Crippen LogP contribution in [0.2, 0.25) is 0 Å². The van der Waals surface area contributed by atoms with Crippen LogP contribution in [0.3, 0.4) is 0 Å². The van der Waals surface area contributed by atoms with Gasteiger partial charge < -0.3 is 15.4 Å². The van der Waals surface area contributed by atoms with Crippen LogP contribution in [0.5, 0.6) is 11.6 Å². The number of ether oxygens (including phenoxy) is 1. The molecule has 0 bridgehead atoms. The molecule has 2 N–H and O–H groups in total. The van der Waals surface area contributed by atoms with E-state index in [-0.39, 0.29) is 28.5 Å². The zero-order chi connectivity index (χ0) is 25.6. The first kappa shape index (κ1) is 24.0. The molecule has 0 fully saturated rings. The zero-order valence-electron chi connectivity index (χ0n) is 19.5. The first-order valence-electron chi connectivity index (χ1n) is 11.4. The maximum absolute atomic E-state index is 15.5. The lowest BCUT2D eigenvalue weighted by Gasteiger charge is -2.25. The Morgan fingerprint density at radius 3 is 2.86 bits per heavy atom. The summed E-state index contributed by atoms with van der Waals surface area (Å²) in [6.45, 7) is 4.62. The normalized spacial score (nSPS) is 19.7. The third-order valence-electron chi connectivity index (χ3n) is 6.44. The Labute approximate surface area is 203 Å². The number of aromatic nitrogens is 3. The van der Waals surface area contributed by atoms with Gasteiger partial charge in [-0.2, -0.15) is 13.2 Å². The summed E-state index contributed by atoms with van der Waals surface area (Å²) in [6, 6.07) is 2.91. The highest BCUT2D eigenvalue weighted by Gasteiger charge is 2.35. The number of benzene rings is 1. The molecule has 2 aromatic heterocycles. The van der Waals surface area contributed by atoms with Crippen molar-refractivity contribution in [1.29, 1.82) is 0 Å². The van der Waals surface area contributed by atoms with Gasteiger partial charge in [0, 0.05) is 23.2 Å². The van der Waals surface area contributed by atoms with Crippen molar-refractivity contribution in [3.8, 4) is 11.6 Å². The van der Waals surface area contributed by atoms with Crippen LogP contribution in [-0.2, 0) is 13.0 Å². The topological polar surface area (TPSA) is 81.1 Å². The van der Waals surface area contributed by atoms with E-state index in [0.717, 1.165) is 30.0 Å². The van der Waals surface area contributed by atoms with Crippen molar-refractivity contribution in [2.45, 2.75) is 39.0 Å². The summed E-state index contributed by atoms with van der Waals surface area (Å²) >= 11 is 0. The molecule has 36 heavy (non-hydrogen) atoms. The first-order chi connectivity index (χ1) is 17.1. The van der Waals surface area contributed by atoms with Gasteiger partial charge in [-0.1, -0.05) is 19.1 Å². The molecule has 7 nitrogen and oxygen atoms in total. The lowest BCUT2D eigenvalue weighted by molar-refractivity contribution is -0.0889. The standard InChI is InChI=1S/C25H23F4N5O2/c1-13-3-4-15(25(27,28)29)10-18(13)33-24(35)34-14(2)9-17-20(34)5-6-21(22(17)26)36-23-16-7-8-30-11-19(16)31-12-32-23/h3-6,9-10,12-13,18,30H,7-8,11H2,1-2H3,(H,33,35). The lowest BCUT2D eigenvalue weighted by Crippen LogP contribution is -2.41. The van der Waals surface area contributed by atoms with Crippen molar-refractivity contribution >= 4 is 16.9 Å². The summed E-state index contributed by atoms with van der Waals surface area (Å²) in [6.07, 6.45) is 0.890. The number of aryl methyl sites for hydroxylation is 1. The number of hydrogen-bond acceptors (Lipinski definition) is 5. The van der Waals surface area contributed by atoms with E-state index >= 15 is 4.39 Å². The summed E-state index contributed by atoms with van der Waals surface area (Å²) in [7, 11) is 0. The molecular weight excluding hydrogens is 478 g/mol. The predicted molar refractivity (Wildman–Crippen MR) is 124 cm³/mol. The van der Waals surface area contributed by atoms with Gasteiger partial charge in [0.05, 0.1) is 22.8 Å². The maximum atomic E-state index is 15.5. The highest BCUT2D eigenvalue weighted by molar-refractivity contribution is 5.94. The van der Waals surface area contributed by atoms with E-state index in [1.807, 2.05) is 0 Å². The van der Waals surface area contributed by atoms with Gasteiger partial charge in [-0.25, -0.2) is 19.2 Å². The van der Waals surface area contributed by atoms with E-state index < -0.39 is 29.6 Å². The molecule has 0 saturated carbocycles. The van der Waals surface area contributed by atoms with Crippen LogP contribution in [-0.4, -0.2) is 39.3 Å². The fourth-order valence-corrected chi connectivity index (χ4v) is 4.50. The number of amides is 1. The summed E-state index contributed by atoms with van der Waals surface area (Å²) in [5, 5.41) is 5.99. The van der Waals surface area contributed by atoms with E-state index in [9.17, 15) is 18.0 Å². The SMILES string of the molecule is Cc1cc2c(F)c(Oc3ncnc4c3CCNC4)ccc2n1C(=O)NC1C=C(C(F)(F)F)C=CC1C. The second kappa shape index (κ2) is 9.05. The number of carbonyl (C=O) groups excluding carboxylic acids is 1. The quantitative estimate of drug-likeness (QED) is 0.497. The molecule has 2 aliphatic rings. The Kier molecular flexibility index (Phi) is 6.03. The molecule has 11 heteroatoms. The number of halogens is 4. The molecule has 3 heterocycles. The second-order valence-electron chi connectivity index (χ2n) is 8.88. The van der Waals surface area contributed by atoms with Crippen LogP contribution in [0.4, 0.5) is 22.4 Å². The van der Waals surface area contributed by atoms with E-state index in [1.54, 1.807) is 13.8 Å². The van der Waals surface area contributed by atoms with E-state index in [1.165, 1.54) is 35.2 Å². The highest BCUT2D eigenvalue weighted by Crippen LogP contribution is 2.34. The van der Waals surface area contributed by atoms with E-state index in [2.05, 4.69) is 20.6 Å². The molecule has 1 amide bonds. The Morgan fingerprint density at radius 2 is 2.08 bits per heavy atom. The third-order valence-corrected chi connectivity index (χ3v) is 6.44. The average Bonchev–Trinajstić information content (AvgIpc) is 3.18. The molecule has 2 unspecified atom stereocenters. The van der Waals surface area contributed by atoms with Gasteiger partial charge in [-0.05, 0) is 50.1 Å². The van der Waals surface area contributed by atoms with E-state index in [4.69, 9.17) is 4.74 Å². The van der Waals surface area contributed by atoms with Gasteiger partial charge in [0.2, 0.25) is 5.88 Å². The van der Waals surface area contributed by atoms with Crippen molar-refractivity contribution in [3.05, 3.63) is 71.1 Å². The largest absolute Gasteiger partial charge is 0.436 e. The smallest absolute Gasteiger partial charge is 0.416 e. The lowest BCUT2D eigenvalue weighted by atomic mass is 9.93. The average molecular weight is 501 g/mol. The molecule has 1 aliphatic heterocycles. The molecule has 2 atom stereocenters. The van der Waals surface area contributed by atoms with Crippen LogP contribution >= 0.6 is 0 Å². The van der Waals surface area contributed by atoms with Crippen LogP contribution in [0.25, 0.3) is 10.9 Å². The highest BCUT2D eigenvalue weighted by atomic mass is 19.4. The number of fused-ring (bicyclic) bond motifs is 2. The van der Waals surface area contributed by atoms with Gasteiger partial charge in [0.15, 0.2) is 11.6 Å². The number of carbonyl (C=O) groups is 1. The van der Waals surface area contributed by atoms with Crippen LogP contribution in [0.1, 0.15) is 23.9 Å². The number of nitrogens with one attached hydrogen (secondary N) is 2. The Morgan fingerprint density at radius 1 is 1.28 bits per heavy atom. The Bertz CT molecular complexity index is 1410. The van der Waals surface area contributed by atoms with Crippen molar-refractivity contribution < 1.29 is 27.1 Å². The minimum Gasteiger partial charge on any atom is -0.436 e. The summed E-state index contributed by atoms with van der Waals surface area (Å²) in [5.41, 5.74) is 1.47. The number of nitrogens with zero attached hydrogens (tertiary/aromatic N) is 3. The summed E-state index contributed by atoms with van der Waals surface area (Å²) < 4.78 is 62.0. The Hall–Kier alpha value is -3.73.